The van der Waals surface area contributed by atoms with Gasteiger partial charge in [0, 0.05) is 17.1 Å². The van der Waals surface area contributed by atoms with Crippen molar-refractivity contribution in [2.45, 2.75) is 13.8 Å². The van der Waals surface area contributed by atoms with Gasteiger partial charge < -0.3 is 10.1 Å². The molecule has 30 heavy (non-hydrogen) atoms. The predicted octanol–water partition coefficient (Wildman–Crippen LogP) is 4.12. The van der Waals surface area contributed by atoms with E-state index in [4.69, 9.17) is 4.74 Å². The Morgan fingerprint density at radius 2 is 2.13 bits per heavy atom. The van der Waals surface area contributed by atoms with E-state index in [1.165, 1.54) is 6.33 Å². The Kier molecular flexibility index (Phi) is 4.64. The van der Waals surface area contributed by atoms with E-state index in [-0.39, 0.29) is 12.5 Å². The highest BCUT2D eigenvalue weighted by molar-refractivity contribution is 7.21. The van der Waals surface area contributed by atoms with Gasteiger partial charge in [0.25, 0.3) is 5.91 Å². The fraction of sp³-hybridized carbons (Fsp3) is 0.150. The second kappa shape index (κ2) is 7.47. The summed E-state index contributed by atoms with van der Waals surface area (Å²) in [7, 11) is 0. The molecule has 0 fully saturated rings. The molecule has 0 spiro atoms. The summed E-state index contributed by atoms with van der Waals surface area (Å²) in [6.45, 7) is 3.85. The first-order chi connectivity index (χ1) is 14.6. The van der Waals surface area contributed by atoms with E-state index in [0.717, 1.165) is 36.6 Å². The Balaban J connectivity index is 1.34. The van der Waals surface area contributed by atoms with E-state index in [1.54, 1.807) is 27.4 Å². The zero-order valence-electron chi connectivity index (χ0n) is 16.1. The van der Waals surface area contributed by atoms with Crippen LogP contribution in [0.3, 0.4) is 0 Å². The third kappa shape index (κ3) is 3.40. The summed E-state index contributed by atoms with van der Waals surface area (Å²) in [4.78, 5) is 17.1. The summed E-state index contributed by atoms with van der Waals surface area (Å²) in [5.41, 5.74) is 3.43. The molecule has 3 heterocycles. The van der Waals surface area contributed by atoms with Crippen LogP contribution in [0.1, 0.15) is 10.6 Å². The Labute approximate surface area is 179 Å². The van der Waals surface area contributed by atoms with Gasteiger partial charge in [-0.2, -0.15) is 0 Å². The van der Waals surface area contributed by atoms with Crippen LogP contribution in [0, 0.1) is 13.8 Å². The van der Waals surface area contributed by atoms with Crippen LogP contribution < -0.4 is 10.1 Å². The molecule has 0 atom stereocenters. The van der Waals surface area contributed by atoms with E-state index < -0.39 is 0 Å². The number of ether oxygens (including phenoxy) is 1. The maximum absolute atomic E-state index is 12.5. The van der Waals surface area contributed by atoms with Crippen molar-refractivity contribution >= 4 is 54.6 Å². The van der Waals surface area contributed by atoms with Gasteiger partial charge in [-0.1, -0.05) is 6.07 Å². The monoisotopic (exact) mass is 436 g/mol. The van der Waals surface area contributed by atoms with Crippen LogP contribution in [0.5, 0.6) is 5.75 Å². The molecule has 5 aromatic rings. The number of benzene rings is 2. The van der Waals surface area contributed by atoms with Crippen LogP contribution in [-0.4, -0.2) is 37.7 Å². The molecule has 3 aromatic heterocycles. The SMILES string of the molecule is Cc1nc2c(cc(OCC(=O)Nc3ccc(C)c(-n4cnnn4)c3)c3ccsc32)s1. The number of hydrogen-bond acceptors (Lipinski definition) is 8. The van der Waals surface area contributed by atoms with Crippen LogP contribution in [0.2, 0.25) is 0 Å². The number of carbonyl (C=O) groups is 1. The van der Waals surface area contributed by atoms with E-state index in [1.807, 2.05) is 49.6 Å². The fourth-order valence-corrected chi connectivity index (χ4v) is 5.09. The first-order valence-electron chi connectivity index (χ1n) is 9.12. The number of thiophene rings is 1. The molecule has 0 bridgehead atoms. The van der Waals surface area contributed by atoms with Crippen molar-refractivity contribution in [2.24, 2.45) is 0 Å². The molecule has 0 aliphatic heterocycles. The lowest BCUT2D eigenvalue weighted by atomic mass is 10.2. The topological polar surface area (TPSA) is 94.8 Å². The molecule has 0 unspecified atom stereocenters. The lowest BCUT2D eigenvalue weighted by Gasteiger charge is -2.11. The summed E-state index contributed by atoms with van der Waals surface area (Å²) in [6.07, 6.45) is 1.51. The van der Waals surface area contributed by atoms with Gasteiger partial charge in [0.2, 0.25) is 0 Å². The highest BCUT2D eigenvalue weighted by Gasteiger charge is 2.14. The third-order valence-electron chi connectivity index (χ3n) is 4.62. The Morgan fingerprint density at radius 1 is 1.23 bits per heavy atom. The number of nitrogens with zero attached hydrogens (tertiary/aromatic N) is 5. The molecule has 8 nitrogen and oxygen atoms in total. The van der Waals surface area contributed by atoms with Crippen molar-refractivity contribution in [3.8, 4) is 11.4 Å². The molecule has 0 radical (unpaired) electrons. The van der Waals surface area contributed by atoms with Gasteiger partial charge in [-0.25, -0.2) is 9.67 Å². The van der Waals surface area contributed by atoms with Gasteiger partial charge in [-0.05, 0) is 53.4 Å². The van der Waals surface area contributed by atoms with Crippen molar-refractivity contribution in [2.75, 3.05) is 11.9 Å². The molecule has 150 valence electrons. The minimum atomic E-state index is -0.245. The van der Waals surface area contributed by atoms with Crippen LogP contribution in [0.4, 0.5) is 5.69 Å². The van der Waals surface area contributed by atoms with Gasteiger partial charge >= 0.3 is 0 Å². The van der Waals surface area contributed by atoms with Crippen LogP contribution in [-0.2, 0) is 4.79 Å². The van der Waals surface area contributed by atoms with Crippen molar-refractivity contribution in [1.82, 2.24) is 25.2 Å². The van der Waals surface area contributed by atoms with Crippen LogP contribution in [0.25, 0.3) is 26.0 Å². The quantitative estimate of drug-likeness (QED) is 0.445. The fourth-order valence-electron chi connectivity index (χ4n) is 3.25. The van der Waals surface area contributed by atoms with E-state index in [0.29, 0.717) is 11.4 Å². The molecule has 0 saturated carbocycles. The first kappa shape index (κ1) is 18.6. The zero-order valence-corrected chi connectivity index (χ0v) is 17.8. The number of aromatic nitrogens is 5. The number of hydrogen-bond donors (Lipinski definition) is 1. The number of amides is 1. The Hall–Kier alpha value is -3.37. The van der Waals surface area contributed by atoms with E-state index in [2.05, 4.69) is 25.8 Å². The molecule has 1 N–H and O–H groups in total. The number of rotatable bonds is 5. The molecule has 0 saturated heterocycles. The number of carbonyl (C=O) groups excluding carboxylic acids is 1. The molecule has 0 aliphatic rings. The molecular weight excluding hydrogens is 420 g/mol. The number of tetrazole rings is 1. The lowest BCUT2D eigenvalue weighted by Crippen LogP contribution is -2.20. The van der Waals surface area contributed by atoms with Gasteiger partial charge in [0.1, 0.15) is 12.1 Å². The molecule has 10 heteroatoms. The smallest absolute Gasteiger partial charge is 0.262 e. The molecular formula is C20H16N6O2S2. The normalized spacial score (nSPS) is 11.3. The summed E-state index contributed by atoms with van der Waals surface area (Å²) >= 11 is 3.25. The summed E-state index contributed by atoms with van der Waals surface area (Å²) in [5.74, 6) is 0.446. The largest absolute Gasteiger partial charge is 0.483 e. The number of anilines is 1. The summed E-state index contributed by atoms with van der Waals surface area (Å²) in [6, 6.07) is 9.53. The zero-order chi connectivity index (χ0) is 20.7. The van der Waals surface area contributed by atoms with Crippen LogP contribution in [0.15, 0.2) is 42.0 Å². The molecule has 1 amide bonds. The van der Waals surface area contributed by atoms with E-state index >= 15 is 0 Å². The molecule has 0 aliphatic carbocycles. The Bertz CT molecular complexity index is 1370. The second-order valence-corrected chi connectivity index (χ2v) is 8.86. The minimum Gasteiger partial charge on any atom is -0.483 e. The maximum Gasteiger partial charge on any atom is 0.262 e. The van der Waals surface area contributed by atoms with Crippen molar-refractivity contribution in [3.63, 3.8) is 0 Å². The van der Waals surface area contributed by atoms with Crippen LogP contribution >= 0.6 is 22.7 Å². The van der Waals surface area contributed by atoms with Gasteiger partial charge in [0.15, 0.2) is 6.61 Å². The number of aryl methyl sites for hydroxylation is 2. The summed E-state index contributed by atoms with van der Waals surface area (Å²) < 4.78 is 9.59. The van der Waals surface area contributed by atoms with Gasteiger partial charge in [-0.3, -0.25) is 4.79 Å². The van der Waals surface area contributed by atoms with Gasteiger partial charge in [-0.15, -0.1) is 27.8 Å². The lowest BCUT2D eigenvalue weighted by molar-refractivity contribution is -0.118. The first-order valence-corrected chi connectivity index (χ1v) is 10.8. The maximum atomic E-state index is 12.5. The Morgan fingerprint density at radius 3 is 2.97 bits per heavy atom. The minimum absolute atomic E-state index is 0.0949. The van der Waals surface area contributed by atoms with E-state index in [9.17, 15) is 4.79 Å². The standard InChI is InChI=1S/C20H16N6O2S2/c1-11-3-4-13(7-15(11)26-10-21-24-25-26)23-18(27)9-28-16-8-17-19(22-12(2)30-17)20-14(16)5-6-29-20/h3-8,10H,9H2,1-2H3,(H,23,27). The second-order valence-electron chi connectivity index (χ2n) is 6.71. The van der Waals surface area contributed by atoms with Crippen molar-refractivity contribution in [1.29, 1.82) is 0 Å². The average Bonchev–Trinajstić information content (AvgIpc) is 3.47. The highest BCUT2D eigenvalue weighted by Crippen LogP contribution is 2.38. The van der Waals surface area contributed by atoms with Crippen molar-refractivity contribution in [3.05, 3.63) is 52.6 Å². The third-order valence-corrected chi connectivity index (χ3v) is 6.45. The highest BCUT2D eigenvalue weighted by atomic mass is 32.1. The number of nitrogens with one attached hydrogen (secondary N) is 1. The predicted molar refractivity (Wildman–Crippen MR) is 118 cm³/mol. The number of fused-ring (bicyclic) bond motifs is 3. The van der Waals surface area contributed by atoms with Crippen molar-refractivity contribution < 1.29 is 9.53 Å². The van der Waals surface area contributed by atoms with Gasteiger partial charge in [0.05, 0.1) is 25.6 Å². The average molecular weight is 437 g/mol. The number of thiazole rings is 1. The summed E-state index contributed by atoms with van der Waals surface area (Å²) in [5, 5.41) is 18.1. The molecule has 2 aromatic carbocycles. The molecule has 5 rings (SSSR count).